The molecule has 3 aliphatic rings. The first kappa shape index (κ1) is 18.0. The van der Waals surface area contributed by atoms with Crippen molar-refractivity contribution in [2.24, 2.45) is 0 Å². The molecule has 1 N–H and O–H groups in total. The molecule has 0 bridgehead atoms. The topological polar surface area (TPSA) is 84.9 Å². The van der Waals surface area contributed by atoms with E-state index < -0.39 is 11.9 Å². The summed E-state index contributed by atoms with van der Waals surface area (Å²) in [6, 6.07) is 4.87. The summed E-state index contributed by atoms with van der Waals surface area (Å²) in [5.74, 6) is -0.121. The highest BCUT2D eigenvalue weighted by Crippen LogP contribution is 2.32. The molecule has 144 valence electrons. The number of methoxy groups -OCH3 is 1. The lowest BCUT2D eigenvalue weighted by Crippen LogP contribution is -2.52. The summed E-state index contributed by atoms with van der Waals surface area (Å²) in [6.07, 6.45) is 4.95. The molecule has 3 atom stereocenters. The molecule has 4 rings (SSSR count). The molecule has 1 saturated heterocycles. The van der Waals surface area contributed by atoms with Gasteiger partial charge >= 0.3 is 0 Å². The van der Waals surface area contributed by atoms with Crippen LogP contribution in [0.4, 0.5) is 0 Å². The zero-order valence-corrected chi connectivity index (χ0v) is 15.4. The van der Waals surface area contributed by atoms with Gasteiger partial charge in [-0.3, -0.25) is 19.7 Å². The summed E-state index contributed by atoms with van der Waals surface area (Å²) in [4.78, 5) is 37.8. The van der Waals surface area contributed by atoms with E-state index in [1.54, 1.807) is 18.1 Å². The molecule has 1 aliphatic carbocycles. The third-order valence-corrected chi connectivity index (χ3v) is 5.73. The Morgan fingerprint density at radius 2 is 1.85 bits per heavy atom. The SMILES string of the molecule is CO[C@H]1CCCC[C@H]1Oc1ccc2c(c1)CN(C1CCC(=O)NC1=O)C2=O. The van der Waals surface area contributed by atoms with Crippen LogP contribution in [0, 0.1) is 0 Å². The molecule has 2 fully saturated rings. The number of benzene rings is 1. The van der Waals surface area contributed by atoms with Gasteiger partial charge in [-0.15, -0.1) is 0 Å². The van der Waals surface area contributed by atoms with Crippen molar-refractivity contribution in [2.75, 3.05) is 7.11 Å². The molecule has 7 heteroatoms. The number of rotatable bonds is 4. The summed E-state index contributed by atoms with van der Waals surface area (Å²) >= 11 is 0. The lowest BCUT2D eigenvalue weighted by Gasteiger charge is -2.30. The summed E-state index contributed by atoms with van der Waals surface area (Å²) in [5.41, 5.74) is 1.45. The molecule has 3 amide bonds. The normalized spacial score (nSPS) is 28.1. The Bertz CT molecular complexity index is 778. The quantitative estimate of drug-likeness (QED) is 0.815. The maximum absolute atomic E-state index is 12.7. The zero-order chi connectivity index (χ0) is 19.0. The number of hydrogen-bond acceptors (Lipinski definition) is 5. The van der Waals surface area contributed by atoms with Gasteiger partial charge in [-0.2, -0.15) is 0 Å². The van der Waals surface area contributed by atoms with Gasteiger partial charge in [0, 0.05) is 25.6 Å². The average molecular weight is 372 g/mol. The molecular weight excluding hydrogens is 348 g/mol. The second-order valence-corrected chi connectivity index (χ2v) is 7.43. The highest BCUT2D eigenvalue weighted by atomic mass is 16.5. The van der Waals surface area contributed by atoms with E-state index in [0.717, 1.165) is 37.0 Å². The molecule has 0 spiro atoms. The van der Waals surface area contributed by atoms with E-state index in [2.05, 4.69) is 5.32 Å². The lowest BCUT2D eigenvalue weighted by molar-refractivity contribution is -0.136. The van der Waals surface area contributed by atoms with Crippen LogP contribution in [-0.4, -0.2) is 48.0 Å². The van der Waals surface area contributed by atoms with E-state index in [1.165, 1.54) is 0 Å². The minimum Gasteiger partial charge on any atom is -0.488 e. The van der Waals surface area contributed by atoms with E-state index in [0.29, 0.717) is 18.5 Å². The van der Waals surface area contributed by atoms with Crippen molar-refractivity contribution in [3.8, 4) is 5.75 Å². The fraction of sp³-hybridized carbons (Fsp3) is 0.550. The van der Waals surface area contributed by atoms with Crippen molar-refractivity contribution in [2.45, 2.75) is 63.3 Å². The van der Waals surface area contributed by atoms with Crippen molar-refractivity contribution in [1.82, 2.24) is 10.2 Å². The number of hydrogen-bond donors (Lipinski definition) is 1. The maximum Gasteiger partial charge on any atom is 0.255 e. The van der Waals surface area contributed by atoms with E-state index in [9.17, 15) is 14.4 Å². The molecule has 27 heavy (non-hydrogen) atoms. The molecule has 2 aliphatic heterocycles. The highest BCUT2D eigenvalue weighted by Gasteiger charge is 2.39. The number of nitrogens with one attached hydrogen (secondary N) is 1. The zero-order valence-electron chi connectivity index (χ0n) is 15.4. The number of amides is 3. The molecule has 1 aromatic rings. The Morgan fingerprint density at radius 1 is 1.07 bits per heavy atom. The monoisotopic (exact) mass is 372 g/mol. The molecule has 7 nitrogen and oxygen atoms in total. The van der Waals surface area contributed by atoms with Crippen LogP contribution in [0.2, 0.25) is 0 Å². The van der Waals surface area contributed by atoms with Gasteiger partial charge in [-0.1, -0.05) is 6.42 Å². The number of carbonyl (C=O) groups excluding carboxylic acids is 3. The van der Waals surface area contributed by atoms with Gasteiger partial charge < -0.3 is 14.4 Å². The summed E-state index contributed by atoms with van der Waals surface area (Å²) < 4.78 is 11.7. The molecular formula is C20H24N2O5. The Hall–Kier alpha value is -2.41. The van der Waals surface area contributed by atoms with E-state index in [4.69, 9.17) is 9.47 Å². The van der Waals surface area contributed by atoms with Gasteiger partial charge in [0.25, 0.3) is 5.91 Å². The number of imide groups is 1. The fourth-order valence-corrected chi connectivity index (χ4v) is 4.27. The van der Waals surface area contributed by atoms with Crippen LogP contribution < -0.4 is 10.1 Å². The molecule has 0 radical (unpaired) electrons. The maximum atomic E-state index is 12.7. The standard InChI is InChI=1S/C20H24N2O5/c1-26-16-4-2-3-5-17(16)27-13-6-7-14-12(10-13)11-22(20(14)25)15-8-9-18(23)21-19(15)24/h6-7,10,15-17H,2-5,8-9,11H2,1H3,(H,21,23,24)/t15?,16-,17+/m0/s1. The average Bonchev–Trinajstić information content (AvgIpc) is 2.98. The van der Waals surface area contributed by atoms with Crippen LogP contribution in [0.3, 0.4) is 0 Å². The highest BCUT2D eigenvalue weighted by molar-refractivity contribution is 6.05. The Kier molecular flexibility index (Phi) is 4.86. The van der Waals surface area contributed by atoms with Gasteiger partial charge in [0.2, 0.25) is 11.8 Å². The van der Waals surface area contributed by atoms with E-state index in [-0.39, 0.29) is 30.4 Å². The Morgan fingerprint density at radius 3 is 2.59 bits per heavy atom. The Labute approximate surface area is 158 Å². The van der Waals surface area contributed by atoms with Gasteiger partial charge in [-0.25, -0.2) is 0 Å². The first-order valence-electron chi connectivity index (χ1n) is 9.54. The van der Waals surface area contributed by atoms with E-state index >= 15 is 0 Å². The van der Waals surface area contributed by atoms with Crippen LogP contribution in [0.25, 0.3) is 0 Å². The smallest absolute Gasteiger partial charge is 0.255 e. The molecule has 2 heterocycles. The second-order valence-electron chi connectivity index (χ2n) is 7.43. The van der Waals surface area contributed by atoms with Crippen molar-refractivity contribution >= 4 is 17.7 Å². The van der Waals surface area contributed by atoms with Crippen molar-refractivity contribution < 1.29 is 23.9 Å². The van der Waals surface area contributed by atoms with Gasteiger partial charge in [0.15, 0.2) is 0 Å². The van der Waals surface area contributed by atoms with E-state index in [1.807, 2.05) is 12.1 Å². The predicted molar refractivity (Wildman–Crippen MR) is 96.2 cm³/mol. The molecule has 1 saturated carbocycles. The minimum atomic E-state index is -0.594. The van der Waals surface area contributed by atoms with Crippen LogP contribution in [-0.2, 0) is 20.9 Å². The lowest BCUT2D eigenvalue weighted by atomic mass is 9.94. The number of ether oxygens (including phenoxy) is 2. The number of carbonyl (C=O) groups is 3. The largest absolute Gasteiger partial charge is 0.488 e. The predicted octanol–water partition coefficient (Wildman–Crippen LogP) is 1.78. The van der Waals surface area contributed by atoms with Gasteiger partial charge in [0.05, 0.1) is 6.10 Å². The summed E-state index contributed by atoms with van der Waals surface area (Å²) in [5, 5.41) is 2.32. The number of piperidine rings is 1. The number of fused-ring (bicyclic) bond motifs is 1. The third-order valence-electron chi connectivity index (χ3n) is 5.73. The molecule has 1 aromatic carbocycles. The van der Waals surface area contributed by atoms with Crippen LogP contribution in [0.5, 0.6) is 5.75 Å². The minimum absolute atomic E-state index is 0.0187. The van der Waals surface area contributed by atoms with Crippen LogP contribution in [0.1, 0.15) is 54.4 Å². The first-order chi connectivity index (χ1) is 13.1. The summed E-state index contributed by atoms with van der Waals surface area (Å²) in [6.45, 7) is 0.357. The first-order valence-corrected chi connectivity index (χ1v) is 9.54. The summed E-state index contributed by atoms with van der Waals surface area (Å²) in [7, 11) is 1.71. The molecule has 1 unspecified atom stereocenters. The molecule has 0 aromatic heterocycles. The van der Waals surface area contributed by atoms with Crippen molar-refractivity contribution in [3.05, 3.63) is 29.3 Å². The van der Waals surface area contributed by atoms with Crippen molar-refractivity contribution in [1.29, 1.82) is 0 Å². The van der Waals surface area contributed by atoms with Gasteiger partial charge in [-0.05, 0) is 49.4 Å². The van der Waals surface area contributed by atoms with Crippen LogP contribution >= 0.6 is 0 Å². The Balaban J connectivity index is 1.49. The number of nitrogens with zero attached hydrogens (tertiary/aromatic N) is 1. The van der Waals surface area contributed by atoms with Gasteiger partial charge in [0.1, 0.15) is 17.9 Å². The third kappa shape index (κ3) is 3.43. The second kappa shape index (κ2) is 7.31. The van der Waals surface area contributed by atoms with Crippen molar-refractivity contribution in [3.63, 3.8) is 0 Å². The van der Waals surface area contributed by atoms with Crippen LogP contribution in [0.15, 0.2) is 18.2 Å². The fourth-order valence-electron chi connectivity index (χ4n) is 4.27.